The molecule has 0 unspecified atom stereocenters. The molecule has 1 N–H and O–H groups in total. The molecule has 10 heteroatoms. The van der Waals surface area contributed by atoms with Gasteiger partial charge >= 0.3 is 12.2 Å². The Balaban J connectivity index is 1.63. The molecule has 0 aliphatic carbocycles. The Morgan fingerprint density at radius 2 is 2.08 bits per heavy atom. The third-order valence-electron chi connectivity index (χ3n) is 3.83. The lowest BCUT2D eigenvalue weighted by Crippen LogP contribution is -2.44. The normalized spacial score (nSPS) is 14.4. The van der Waals surface area contributed by atoms with Crippen molar-refractivity contribution in [1.82, 2.24) is 19.8 Å². The Kier molecular flexibility index (Phi) is 4.59. The summed E-state index contributed by atoms with van der Waals surface area (Å²) < 4.78 is 53.1. The number of nitrogens with zero attached hydrogens (tertiary/aromatic N) is 3. The fourth-order valence-corrected chi connectivity index (χ4v) is 2.67. The number of benzene rings is 1. The number of carbonyl (C=O) groups excluding carboxylic acids is 1. The van der Waals surface area contributed by atoms with Gasteiger partial charge in [-0.1, -0.05) is 17.7 Å². The van der Waals surface area contributed by atoms with Gasteiger partial charge in [-0.25, -0.2) is 14.2 Å². The van der Waals surface area contributed by atoms with E-state index in [1.54, 1.807) is 0 Å². The number of nitrogens with one attached hydrogen (secondary N) is 1. The minimum absolute atomic E-state index is 0.0506. The standard InChI is InChI=1S/C15H13ClF4N4O/c16-10-2-1-9(11(17)5-10)6-21-14(25)24-4-3-23-7-12(15(18,19)20)22-13(23)8-24/h1-2,5,7H,3-4,6,8H2,(H,21,25). The van der Waals surface area contributed by atoms with E-state index in [1.807, 2.05) is 0 Å². The molecule has 0 fully saturated rings. The zero-order valence-corrected chi connectivity index (χ0v) is 13.5. The van der Waals surface area contributed by atoms with Crippen LogP contribution >= 0.6 is 11.6 Å². The van der Waals surface area contributed by atoms with Crippen LogP contribution in [0.1, 0.15) is 17.1 Å². The second-order valence-electron chi connectivity index (χ2n) is 5.55. The van der Waals surface area contributed by atoms with Gasteiger partial charge < -0.3 is 14.8 Å². The summed E-state index contributed by atoms with van der Waals surface area (Å²) in [4.78, 5) is 17.0. The van der Waals surface area contributed by atoms with Crippen molar-refractivity contribution in [3.05, 3.63) is 52.3 Å². The van der Waals surface area contributed by atoms with Crippen LogP contribution in [0.3, 0.4) is 0 Å². The first-order valence-electron chi connectivity index (χ1n) is 7.34. The molecule has 1 aliphatic heterocycles. The predicted molar refractivity (Wildman–Crippen MR) is 81.3 cm³/mol. The molecule has 2 amide bonds. The van der Waals surface area contributed by atoms with Gasteiger partial charge in [0.2, 0.25) is 0 Å². The molecule has 3 rings (SSSR count). The Morgan fingerprint density at radius 3 is 2.76 bits per heavy atom. The summed E-state index contributed by atoms with van der Waals surface area (Å²) >= 11 is 5.66. The summed E-state index contributed by atoms with van der Waals surface area (Å²) in [7, 11) is 0. The van der Waals surface area contributed by atoms with Gasteiger partial charge in [-0.3, -0.25) is 0 Å². The zero-order valence-electron chi connectivity index (χ0n) is 12.8. The van der Waals surface area contributed by atoms with Gasteiger partial charge in [-0.05, 0) is 12.1 Å². The molecular formula is C15H13ClF4N4O. The van der Waals surface area contributed by atoms with E-state index in [2.05, 4.69) is 10.3 Å². The molecule has 2 aromatic rings. The molecule has 134 valence electrons. The van der Waals surface area contributed by atoms with Crippen molar-refractivity contribution in [3.8, 4) is 0 Å². The fraction of sp³-hybridized carbons (Fsp3) is 0.333. The topological polar surface area (TPSA) is 50.2 Å². The highest BCUT2D eigenvalue weighted by atomic mass is 35.5. The summed E-state index contributed by atoms with van der Waals surface area (Å²) in [6, 6.07) is 3.59. The van der Waals surface area contributed by atoms with E-state index >= 15 is 0 Å². The number of halogens is 5. The van der Waals surface area contributed by atoms with Gasteiger partial charge in [0.25, 0.3) is 0 Å². The number of fused-ring (bicyclic) bond motifs is 1. The van der Waals surface area contributed by atoms with Crippen LogP contribution in [0.2, 0.25) is 5.02 Å². The third-order valence-corrected chi connectivity index (χ3v) is 4.06. The first-order chi connectivity index (χ1) is 11.7. The van der Waals surface area contributed by atoms with Crippen LogP contribution in [0.15, 0.2) is 24.4 Å². The fourth-order valence-electron chi connectivity index (χ4n) is 2.51. The number of amides is 2. The highest BCUT2D eigenvalue weighted by Gasteiger charge is 2.36. The van der Waals surface area contributed by atoms with Crippen molar-refractivity contribution in [2.45, 2.75) is 25.8 Å². The van der Waals surface area contributed by atoms with Gasteiger partial charge in [0, 0.05) is 36.4 Å². The molecule has 0 bridgehead atoms. The Bertz CT molecular complexity index is 805. The minimum Gasteiger partial charge on any atom is -0.334 e. The van der Waals surface area contributed by atoms with Gasteiger partial charge in [0.1, 0.15) is 11.6 Å². The Hall–Kier alpha value is -2.29. The third kappa shape index (κ3) is 3.87. The summed E-state index contributed by atoms with van der Waals surface area (Å²) in [5.41, 5.74) is -0.719. The number of hydrogen-bond acceptors (Lipinski definition) is 2. The molecule has 25 heavy (non-hydrogen) atoms. The number of rotatable bonds is 2. The molecular weight excluding hydrogens is 364 g/mol. The molecule has 1 aromatic heterocycles. The Labute approximate surface area is 145 Å². The van der Waals surface area contributed by atoms with Crippen LogP contribution in [0, 0.1) is 5.82 Å². The van der Waals surface area contributed by atoms with Crippen molar-refractivity contribution >= 4 is 17.6 Å². The zero-order chi connectivity index (χ0) is 18.2. The van der Waals surface area contributed by atoms with Crippen LogP contribution < -0.4 is 5.32 Å². The van der Waals surface area contributed by atoms with E-state index in [4.69, 9.17) is 11.6 Å². The number of hydrogen-bond donors (Lipinski definition) is 1. The lowest BCUT2D eigenvalue weighted by Gasteiger charge is -2.27. The van der Waals surface area contributed by atoms with Crippen LogP contribution in [0.25, 0.3) is 0 Å². The summed E-state index contributed by atoms with van der Waals surface area (Å²) in [5.74, 6) is -0.386. The van der Waals surface area contributed by atoms with E-state index in [1.165, 1.54) is 21.6 Å². The molecule has 1 aromatic carbocycles. The maximum absolute atomic E-state index is 13.7. The first-order valence-corrected chi connectivity index (χ1v) is 7.72. The molecule has 0 spiro atoms. The van der Waals surface area contributed by atoms with Gasteiger partial charge in [-0.2, -0.15) is 13.2 Å². The highest BCUT2D eigenvalue weighted by molar-refractivity contribution is 6.30. The first kappa shape index (κ1) is 17.5. The number of aromatic nitrogens is 2. The van der Waals surface area contributed by atoms with Crippen molar-refractivity contribution in [2.75, 3.05) is 6.54 Å². The minimum atomic E-state index is -4.52. The van der Waals surface area contributed by atoms with Crippen LogP contribution in [0.5, 0.6) is 0 Å². The maximum atomic E-state index is 13.7. The predicted octanol–water partition coefficient (Wildman–Crippen LogP) is 3.42. The van der Waals surface area contributed by atoms with E-state index in [0.29, 0.717) is 0 Å². The lowest BCUT2D eigenvalue weighted by molar-refractivity contribution is -0.141. The summed E-state index contributed by atoms with van der Waals surface area (Å²) in [5, 5.41) is 2.79. The van der Waals surface area contributed by atoms with Crippen molar-refractivity contribution in [3.63, 3.8) is 0 Å². The second-order valence-corrected chi connectivity index (χ2v) is 5.99. The molecule has 0 saturated carbocycles. The number of alkyl halides is 3. The van der Waals surface area contributed by atoms with Crippen LogP contribution in [-0.2, 0) is 25.8 Å². The number of urea groups is 1. The average molecular weight is 377 g/mol. The van der Waals surface area contributed by atoms with E-state index in [9.17, 15) is 22.4 Å². The lowest BCUT2D eigenvalue weighted by atomic mass is 10.2. The quantitative estimate of drug-likeness (QED) is 0.816. The highest BCUT2D eigenvalue weighted by Crippen LogP contribution is 2.29. The Morgan fingerprint density at radius 1 is 1.32 bits per heavy atom. The van der Waals surface area contributed by atoms with Crippen molar-refractivity contribution in [2.24, 2.45) is 0 Å². The molecule has 0 atom stereocenters. The SMILES string of the molecule is O=C(NCc1ccc(Cl)cc1F)N1CCn2cc(C(F)(F)F)nc2C1. The van der Waals surface area contributed by atoms with Crippen molar-refractivity contribution in [1.29, 1.82) is 0 Å². The largest absolute Gasteiger partial charge is 0.434 e. The van der Waals surface area contributed by atoms with E-state index in [-0.39, 0.29) is 42.6 Å². The van der Waals surface area contributed by atoms with Crippen LogP contribution in [-0.4, -0.2) is 27.0 Å². The van der Waals surface area contributed by atoms with E-state index < -0.39 is 23.7 Å². The maximum Gasteiger partial charge on any atom is 0.434 e. The van der Waals surface area contributed by atoms with Gasteiger partial charge in [-0.15, -0.1) is 0 Å². The molecule has 1 aliphatic rings. The molecule has 2 heterocycles. The summed E-state index contributed by atoms with van der Waals surface area (Å²) in [6.45, 7) is 0.336. The van der Waals surface area contributed by atoms with Gasteiger partial charge in [0.15, 0.2) is 5.69 Å². The van der Waals surface area contributed by atoms with Crippen molar-refractivity contribution < 1.29 is 22.4 Å². The average Bonchev–Trinajstić information content (AvgIpc) is 2.97. The van der Waals surface area contributed by atoms with E-state index in [0.717, 1.165) is 12.3 Å². The monoisotopic (exact) mass is 376 g/mol. The molecule has 0 saturated heterocycles. The van der Waals surface area contributed by atoms with Crippen LogP contribution in [0.4, 0.5) is 22.4 Å². The number of carbonyl (C=O) groups is 1. The molecule has 5 nitrogen and oxygen atoms in total. The smallest absolute Gasteiger partial charge is 0.334 e. The van der Waals surface area contributed by atoms with Gasteiger partial charge in [0.05, 0.1) is 6.54 Å². The number of imidazole rings is 1. The second kappa shape index (κ2) is 6.55. The summed E-state index contributed by atoms with van der Waals surface area (Å²) in [6.07, 6.45) is -3.59. The molecule has 0 radical (unpaired) electrons.